The van der Waals surface area contributed by atoms with E-state index in [0.717, 1.165) is 22.6 Å². The summed E-state index contributed by atoms with van der Waals surface area (Å²) in [6.45, 7) is 4.81. The van der Waals surface area contributed by atoms with Gasteiger partial charge in [0.25, 0.3) is 5.91 Å². The number of pyridine rings is 1. The van der Waals surface area contributed by atoms with Crippen LogP contribution in [0.4, 0.5) is 0 Å². The molecule has 5 rings (SSSR count). The number of carbonyl (C=O) groups is 1. The van der Waals surface area contributed by atoms with Crippen LogP contribution >= 0.6 is 0 Å². The van der Waals surface area contributed by atoms with Crippen molar-refractivity contribution < 1.29 is 18.8 Å². The zero-order valence-corrected chi connectivity index (χ0v) is 20.4. The minimum absolute atomic E-state index is 0.151. The summed E-state index contributed by atoms with van der Waals surface area (Å²) in [4.78, 5) is 21.6. The molecule has 4 aromatic rings. The summed E-state index contributed by atoms with van der Waals surface area (Å²) in [7, 11) is 1.79. The standard InChI is InChI=1S/C28H28N4O4/c1-20-23(26(36-30-20)21-9-4-3-5-10-21)19-32-16-15-31(2)28(33)22-11-8-14-29-27(22)35-25-13-7-6-12-24(25)34-18-17-32/h3-14H,15-19H2,1-2H3. The number of amides is 1. The van der Waals surface area contributed by atoms with Gasteiger partial charge >= 0.3 is 0 Å². The Hall–Kier alpha value is -4.17. The largest absolute Gasteiger partial charge is 0.488 e. The smallest absolute Gasteiger partial charge is 0.259 e. The van der Waals surface area contributed by atoms with E-state index in [1.807, 2.05) is 61.5 Å². The van der Waals surface area contributed by atoms with E-state index in [0.29, 0.717) is 49.8 Å². The lowest BCUT2D eigenvalue weighted by atomic mass is 10.1. The summed E-state index contributed by atoms with van der Waals surface area (Å²) in [5, 5.41) is 4.23. The number of carbonyl (C=O) groups excluding carboxylic acids is 1. The molecule has 0 radical (unpaired) electrons. The third-order valence-corrected chi connectivity index (χ3v) is 6.22. The minimum atomic E-state index is -0.151. The highest BCUT2D eigenvalue weighted by molar-refractivity contribution is 5.96. The molecule has 2 aromatic heterocycles. The number of hydrogen-bond acceptors (Lipinski definition) is 7. The molecule has 0 fully saturated rings. The average molecular weight is 485 g/mol. The monoisotopic (exact) mass is 484 g/mol. The van der Waals surface area contributed by atoms with Crippen molar-refractivity contribution in [3.05, 3.63) is 89.7 Å². The van der Waals surface area contributed by atoms with Gasteiger partial charge in [0.15, 0.2) is 17.3 Å². The molecule has 1 aliphatic rings. The van der Waals surface area contributed by atoms with Crippen molar-refractivity contribution in [3.8, 4) is 28.7 Å². The normalized spacial score (nSPS) is 14.9. The number of rotatable bonds is 3. The van der Waals surface area contributed by atoms with Crippen molar-refractivity contribution in [1.82, 2.24) is 19.9 Å². The van der Waals surface area contributed by atoms with Crippen LogP contribution in [0.3, 0.4) is 0 Å². The number of ether oxygens (including phenoxy) is 2. The number of aryl methyl sites for hydroxylation is 1. The van der Waals surface area contributed by atoms with E-state index in [2.05, 4.69) is 15.0 Å². The number of para-hydroxylation sites is 2. The highest BCUT2D eigenvalue weighted by Gasteiger charge is 2.23. The number of benzene rings is 2. The molecule has 36 heavy (non-hydrogen) atoms. The number of aromatic nitrogens is 2. The van der Waals surface area contributed by atoms with Gasteiger partial charge in [-0.2, -0.15) is 0 Å². The fourth-order valence-corrected chi connectivity index (χ4v) is 4.16. The van der Waals surface area contributed by atoms with Crippen LogP contribution in [0.1, 0.15) is 21.6 Å². The fraction of sp³-hybridized carbons (Fsp3) is 0.250. The molecule has 2 aromatic carbocycles. The van der Waals surface area contributed by atoms with Crippen molar-refractivity contribution in [1.29, 1.82) is 0 Å². The van der Waals surface area contributed by atoms with Crippen molar-refractivity contribution in [2.24, 2.45) is 0 Å². The van der Waals surface area contributed by atoms with Crippen LogP contribution in [0.2, 0.25) is 0 Å². The van der Waals surface area contributed by atoms with Crippen molar-refractivity contribution in [2.45, 2.75) is 13.5 Å². The van der Waals surface area contributed by atoms with E-state index in [1.165, 1.54) is 0 Å². The van der Waals surface area contributed by atoms with Gasteiger partial charge in [0.2, 0.25) is 5.88 Å². The molecule has 8 heteroatoms. The third-order valence-electron chi connectivity index (χ3n) is 6.22. The van der Waals surface area contributed by atoms with Crippen LogP contribution in [0.25, 0.3) is 11.3 Å². The molecule has 0 bridgehead atoms. The van der Waals surface area contributed by atoms with E-state index >= 15 is 0 Å². The van der Waals surface area contributed by atoms with Crippen LogP contribution in [0.15, 0.2) is 77.4 Å². The van der Waals surface area contributed by atoms with E-state index in [-0.39, 0.29) is 11.8 Å². The SMILES string of the molecule is Cc1noc(-c2ccccc2)c1CN1CCOc2ccccc2Oc2ncccc2C(=O)N(C)CC1. The van der Waals surface area contributed by atoms with Gasteiger partial charge in [0.05, 0.1) is 5.69 Å². The first kappa shape index (κ1) is 23.6. The maximum atomic E-state index is 13.3. The summed E-state index contributed by atoms with van der Waals surface area (Å²) in [6.07, 6.45) is 1.61. The lowest BCUT2D eigenvalue weighted by Gasteiger charge is -2.25. The van der Waals surface area contributed by atoms with Gasteiger partial charge in [-0.15, -0.1) is 0 Å². The molecule has 1 aliphatic heterocycles. The topological polar surface area (TPSA) is 80.9 Å². The quantitative estimate of drug-likeness (QED) is 0.413. The van der Waals surface area contributed by atoms with Crippen LogP contribution in [0.5, 0.6) is 17.4 Å². The highest BCUT2D eigenvalue weighted by Crippen LogP contribution is 2.33. The summed E-state index contributed by atoms with van der Waals surface area (Å²) in [5.74, 6) is 1.98. The number of nitrogens with zero attached hydrogens (tertiary/aromatic N) is 4. The lowest BCUT2D eigenvalue weighted by Crippen LogP contribution is -2.38. The second-order valence-electron chi connectivity index (χ2n) is 8.70. The first-order chi connectivity index (χ1) is 17.6. The summed E-state index contributed by atoms with van der Waals surface area (Å²) < 4.78 is 17.9. The molecular formula is C28H28N4O4. The second-order valence-corrected chi connectivity index (χ2v) is 8.70. The number of likely N-dealkylation sites (N-methyl/N-ethyl adjacent to an activating group) is 1. The third kappa shape index (κ3) is 5.08. The summed E-state index contributed by atoms with van der Waals surface area (Å²) in [6, 6.07) is 20.9. The molecule has 8 nitrogen and oxygen atoms in total. The molecule has 184 valence electrons. The van der Waals surface area contributed by atoms with Crippen LogP contribution in [-0.4, -0.2) is 59.1 Å². The molecule has 0 saturated heterocycles. The number of fused-ring (bicyclic) bond motifs is 2. The van der Waals surface area contributed by atoms with E-state index in [4.69, 9.17) is 14.0 Å². The van der Waals surface area contributed by atoms with Crippen molar-refractivity contribution >= 4 is 5.91 Å². The van der Waals surface area contributed by atoms with Crippen molar-refractivity contribution in [2.75, 3.05) is 33.3 Å². The molecule has 0 saturated carbocycles. The maximum absolute atomic E-state index is 13.3. The van der Waals surface area contributed by atoms with Gasteiger partial charge in [-0.3, -0.25) is 9.69 Å². The van der Waals surface area contributed by atoms with E-state index in [9.17, 15) is 4.79 Å². The number of hydrogen-bond donors (Lipinski definition) is 0. The Labute approximate surface area is 210 Å². The molecule has 1 amide bonds. The Morgan fingerprint density at radius 1 is 0.917 bits per heavy atom. The lowest BCUT2D eigenvalue weighted by molar-refractivity contribution is 0.0770. The van der Waals surface area contributed by atoms with Gasteiger partial charge in [-0.05, 0) is 31.2 Å². The van der Waals surface area contributed by atoms with E-state index in [1.54, 1.807) is 30.3 Å². The summed E-state index contributed by atoms with van der Waals surface area (Å²) >= 11 is 0. The zero-order chi connectivity index (χ0) is 24.9. The van der Waals surface area contributed by atoms with Crippen LogP contribution in [-0.2, 0) is 6.54 Å². The molecule has 3 heterocycles. The Balaban J connectivity index is 1.44. The minimum Gasteiger partial charge on any atom is -0.488 e. The maximum Gasteiger partial charge on any atom is 0.259 e. The first-order valence-corrected chi connectivity index (χ1v) is 11.9. The molecular weight excluding hydrogens is 456 g/mol. The zero-order valence-electron chi connectivity index (χ0n) is 20.4. The Kier molecular flexibility index (Phi) is 6.95. The van der Waals surface area contributed by atoms with Gasteiger partial charge in [-0.25, -0.2) is 4.98 Å². The molecule has 0 spiro atoms. The highest BCUT2D eigenvalue weighted by atomic mass is 16.5. The Bertz CT molecular complexity index is 1340. The van der Waals surface area contributed by atoms with Crippen LogP contribution in [0, 0.1) is 6.92 Å². The Morgan fingerprint density at radius 3 is 2.53 bits per heavy atom. The van der Waals surface area contributed by atoms with Crippen LogP contribution < -0.4 is 9.47 Å². The first-order valence-electron chi connectivity index (χ1n) is 11.9. The van der Waals surface area contributed by atoms with Crippen molar-refractivity contribution in [3.63, 3.8) is 0 Å². The fourth-order valence-electron chi connectivity index (χ4n) is 4.16. The van der Waals surface area contributed by atoms with Gasteiger partial charge in [0.1, 0.15) is 12.2 Å². The molecule has 0 unspecified atom stereocenters. The molecule has 0 aliphatic carbocycles. The van der Waals surface area contributed by atoms with Gasteiger partial charge < -0.3 is 18.9 Å². The predicted molar refractivity (Wildman–Crippen MR) is 135 cm³/mol. The van der Waals surface area contributed by atoms with E-state index < -0.39 is 0 Å². The summed E-state index contributed by atoms with van der Waals surface area (Å²) in [5.41, 5.74) is 3.26. The molecule has 0 N–H and O–H groups in total. The molecule has 0 atom stereocenters. The average Bonchev–Trinajstić information content (AvgIpc) is 3.27. The van der Waals surface area contributed by atoms with Gasteiger partial charge in [0, 0.05) is 50.6 Å². The Morgan fingerprint density at radius 2 is 1.69 bits per heavy atom. The second kappa shape index (κ2) is 10.6. The predicted octanol–water partition coefficient (Wildman–Crippen LogP) is 4.80. The van der Waals surface area contributed by atoms with Gasteiger partial charge in [-0.1, -0.05) is 47.6 Å².